The highest BCUT2D eigenvalue weighted by Crippen LogP contribution is 2.01. The summed E-state index contributed by atoms with van der Waals surface area (Å²) >= 11 is 0. The number of hydrogen-bond acceptors (Lipinski definition) is 6. The first kappa shape index (κ1) is 13.8. The highest BCUT2D eigenvalue weighted by molar-refractivity contribution is 5.86. The molecule has 3 atom stereocenters. The lowest BCUT2D eigenvalue weighted by Crippen LogP contribution is -2.41. The van der Waals surface area contributed by atoms with Crippen molar-refractivity contribution in [1.82, 2.24) is 0 Å². The van der Waals surface area contributed by atoms with Gasteiger partial charge in [0.2, 0.25) is 0 Å². The van der Waals surface area contributed by atoms with Gasteiger partial charge in [0.05, 0.1) is 0 Å². The molecule has 0 radical (unpaired) electrons. The monoisotopic (exact) mass is 218 g/mol. The number of aldehydes is 1. The zero-order valence-corrected chi connectivity index (χ0v) is 8.29. The summed E-state index contributed by atoms with van der Waals surface area (Å²) in [6.07, 6.45) is -4.83. The zero-order valence-electron chi connectivity index (χ0n) is 8.29. The summed E-state index contributed by atoms with van der Waals surface area (Å²) in [6, 6.07) is 0. The standard InChI is InChI=1S/C9H14O6/c1-5(2)9(14)15-4-7(12)8(13)6(11)3-10/h3,6-8,11-13H,1,4H2,2H3/t6-,7-,8+/m1/s1. The molecule has 0 unspecified atom stereocenters. The van der Waals surface area contributed by atoms with E-state index in [1.54, 1.807) is 0 Å². The van der Waals surface area contributed by atoms with E-state index in [0.717, 1.165) is 0 Å². The van der Waals surface area contributed by atoms with Gasteiger partial charge in [-0.25, -0.2) is 4.79 Å². The second kappa shape index (κ2) is 6.28. The summed E-state index contributed by atoms with van der Waals surface area (Å²) in [4.78, 5) is 20.9. The predicted molar refractivity (Wildman–Crippen MR) is 49.9 cm³/mol. The van der Waals surface area contributed by atoms with E-state index in [0.29, 0.717) is 0 Å². The molecule has 0 bridgehead atoms. The largest absolute Gasteiger partial charge is 0.459 e. The van der Waals surface area contributed by atoms with Gasteiger partial charge in [-0.05, 0) is 6.92 Å². The first-order valence-corrected chi connectivity index (χ1v) is 4.22. The average molecular weight is 218 g/mol. The van der Waals surface area contributed by atoms with Crippen molar-refractivity contribution >= 4 is 12.3 Å². The number of esters is 1. The Morgan fingerprint density at radius 1 is 1.47 bits per heavy atom. The van der Waals surface area contributed by atoms with Crippen molar-refractivity contribution in [2.75, 3.05) is 6.61 Å². The molecule has 0 aromatic rings. The van der Waals surface area contributed by atoms with Crippen LogP contribution in [0.5, 0.6) is 0 Å². The summed E-state index contributed by atoms with van der Waals surface area (Å²) in [6.45, 7) is 4.21. The van der Waals surface area contributed by atoms with Crippen molar-refractivity contribution in [1.29, 1.82) is 0 Å². The minimum atomic E-state index is -1.71. The number of aliphatic hydroxyl groups is 3. The fraction of sp³-hybridized carbons (Fsp3) is 0.556. The van der Waals surface area contributed by atoms with E-state index in [2.05, 4.69) is 11.3 Å². The molecule has 15 heavy (non-hydrogen) atoms. The molecule has 0 heterocycles. The maximum absolute atomic E-state index is 10.9. The van der Waals surface area contributed by atoms with Crippen LogP contribution in [-0.4, -0.2) is 52.5 Å². The minimum Gasteiger partial charge on any atom is -0.459 e. The Morgan fingerprint density at radius 3 is 2.40 bits per heavy atom. The third-order valence-corrected chi connectivity index (χ3v) is 1.62. The summed E-state index contributed by atoms with van der Waals surface area (Å²) in [7, 11) is 0. The van der Waals surface area contributed by atoms with Crippen LogP contribution in [0.4, 0.5) is 0 Å². The van der Waals surface area contributed by atoms with E-state index >= 15 is 0 Å². The first-order valence-electron chi connectivity index (χ1n) is 4.22. The van der Waals surface area contributed by atoms with Gasteiger partial charge in [-0.15, -0.1) is 0 Å². The van der Waals surface area contributed by atoms with Gasteiger partial charge in [0, 0.05) is 5.57 Å². The molecule has 6 heteroatoms. The molecule has 0 spiro atoms. The highest BCUT2D eigenvalue weighted by atomic mass is 16.5. The molecule has 0 aliphatic heterocycles. The van der Waals surface area contributed by atoms with E-state index in [1.165, 1.54) is 6.92 Å². The highest BCUT2D eigenvalue weighted by Gasteiger charge is 2.25. The van der Waals surface area contributed by atoms with Gasteiger partial charge in [-0.3, -0.25) is 0 Å². The number of carbonyl (C=O) groups is 2. The van der Waals surface area contributed by atoms with E-state index in [9.17, 15) is 14.7 Å². The third-order valence-electron chi connectivity index (χ3n) is 1.62. The van der Waals surface area contributed by atoms with E-state index in [-0.39, 0.29) is 11.9 Å². The van der Waals surface area contributed by atoms with Gasteiger partial charge in [0.25, 0.3) is 0 Å². The summed E-state index contributed by atoms with van der Waals surface area (Å²) in [5, 5.41) is 27.1. The third kappa shape index (κ3) is 4.68. The van der Waals surface area contributed by atoms with E-state index < -0.39 is 30.9 Å². The van der Waals surface area contributed by atoms with Crippen LogP contribution >= 0.6 is 0 Å². The summed E-state index contributed by atoms with van der Waals surface area (Å²) in [5.74, 6) is -0.721. The molecule has 0 saturated carbocycles. The predicted octanol–water partition coefficient (Wildman–Crippen LogP) is -1.61. The van der Waals surface area contributed by atoms with Crippen molar-refractivity contribution in [3.63, 3.8) is 0 Å². The molecule has 0 aromatic carbocycles. The Bertz CT molecular complexity index is 249. The quantitative estimate of drug-likeness (QED) is 0.281. The van der Waals surface area contributed by atoms with Crippen molar-refractivity contribution in [2.24, 2.45) is 0 Å². The molecule has 86 valence electrons. The van der Waals surface area contributed by atoms with Gasteiger partial charge >= 0.3 is 5.97 Å². The maximum Gasteiger partial charge on any atom is 0.333 e. The first-order chi connectivity index (χ1) is 6.90. The van der Waals surface area contributed by atoms with Crippen LogP contribution in [-0.2, 0) is 14.3 Å². The molecule has 0 aromatic heterocycles. The van der Waals surface area contributed by atoms with E-state index in [1.807, 2.05) is 0 Å². The fourth-order valence-corrected chi connectivity index (χ4v) is 0.691. The molecule has 0 aliphatic rings. The smallest absolute Gasteiger partial charge is 0.333 e. The van der Waals surface area contributed by atoms with Crippen LogP contribution in [0.1, 0.15) is 6.92 Å². The zero-order chi connectivity index (χ0) is 12.0. The van der Waals surface area contributed by atoms with Crippen LogP contribution in [0.3, 0.4) is 0 Å². The van der Waals surface area contributed by atoms with Gasteiger partial charge in [0.1, 0.15) is 24.9 Å². The van der Waals surface area contributed by atoms with Crippen molar-refractivity contribution in [3.8, 4) is 0 Å². The minimum absolute atomic E-state index is 0.0778. The summed E-state index contributed by atoms with van der Waals surface area (Å²) in [5.41, 5.74) is 0.146. The molecule has 0 amide bonds. The van der Waals surface area contributed by atoms with Crippen molar-refractivity contribution in [3.05, 3.63) is 12.2 Å². The molecule has 3 N–H and O–H groups in total. The molecular weight excluding hydrogens is 204 g/mol. The van der Waals surface area contributed by atoms with Crippen LogP contribution < -0.4 is 0 Å². The number of aliphatic hydroxyl groups excluding tert-OH is 3. The normalized spacial score (nSPS) is 16.3. The summed E-state index contributed by atoms with van der Waals surface area (Å²) < 4.78 is 4.51. The Balaban J connectivity index is 4.03. The van der Waals surface area contributed by atoms with Gasteiger partial charge in [-0.1, -0.05) is 6.58 Å². The topological polar surface area (TPSA) is 104 Å². The average Bonchev–Trinajstić information content (AvgIpc) is 2.22. The molecule has 0 fully saturated rings. The number of rotatable bonds is 6. The van der Waals surface area contributed by atoms with Crippen LogP contribution in [0, 0.1) is 0 Å². The van der Waals surface area contributed by atoms with Gasteiger partial charge in [-0.2, -0.15) is 0 Å². The Labute approximate surface area is 86.8 Å². The maximum atomic E-state index is 10.9. The number of hydrogen-bond donors (Lipinski definition) is 3. The molecule has 0 rings (SSSR count). The number of ether oxygens (including phenoxy) is 1. The lowest BCUT2D eigenvalue weighted by molar-refractivity contribution is -0.148. The molecule has 6 nitrogen and oxygen atoms in total. The van der Waals surface area contributed by atoms with E-state index in [4.69, 9.17) is 10.2 Å². The van der Waals surface area contributed by atoms with Crippen LogP contribution in [0.25, 0.3) is 0 Å². The Morgan fingerprint density at radius 2 is 2.00 bits per heavy atom. The number of carbonyl (C=O) groups excluding carboxylic acids is 2. The fourth-order valence-electron chi connectivity index (χ4n) is 0.691. The lowest BCUT2D eigenvalue weighted by Gasteiger charge is -2.18. The van der Waals surface area contributed by atoms with Crippen molar-refractivity contribution < 1.29 is 29.6 Å². The van der Waals surface area contributed by atoms with Crippen molar-refractivity contribution in [2.45, 2.75) is 25.2 Å². The Hall–Kier alpha value is -1.24. The SMILES string of the molecule is C=C(C)C(=O)OC[C@@H](O)[C@@H](O)[C@H](O)C=O. The van der Waals surface area contributed by atoms with Crippen LogP contribution in [0.15, 0.2) is 12.2 Å². The molecule has 0 aliphatic carbocycles. The second-order valence-corrected chi connectivity index (χ2v) is 3.06. The lowest BCUT2D eigenvalue weighted by atomic mass is 10.1. The molecular formula is C9H14O6. The Kier molecular flexibility index (Phi) is 5.76. The van der Waals surface area contributed by atoms with Gasteiger partial charge < -0.3 is 24.9 Å². The van der Waals surface area contributed by atoms with Gasteiger partial charge in [0.15, 0.2) is 6.29 Å². The molecule has 0 saturated heterocycles. The van der Waals surface area contributed by atoms with Crippen LogP contribution in [0.2, 0.25) is 0 Å². The second-order valence-electron chi connectivity index (χ2n) is 3.06.